The number of hydrogen-bond donors (Lipinski definition) is 1. The van der Waals surface area contributed by atoms with Gasteiger partial charge >= 0.3 is 5.97 Å². The van der Waals surface area contributed by atoms with Crippen molar-refractivity contribution in [3.05, 3.63) is 47.0 Å². The molecule has 2 aliphatic rings. The molecule has 0 spiro atoms. The molecular weight excluding hydrogens is 290 g/mol. The van der Waals surface area contributed by atoms with Crippen molar-refractivity contribution in [1.29, 1.82) is 0 Å². The second kappa shape index (κ2) is 6.19. The maximum atomic E-state index is 12.6. The van der Waals surface area contributed by atoms with E-state index in [0.717, 1.165) is 30.4 Å². The summed E-state index contributed by atoms with van der Waals surface area (Å²) in [4.78, 5) is 26.4. The van der Waals surface area contributed by atoms with E-state index >= 15 is 0 Å². The van der Waals surface area contributed by atoms with E-state index in [1.54, 1.807) is 0 Å². The van der Waals surface area contributed by atoms with Crippen LogP contribution in [-0.2, 0) is 15.0 Å². The van der Waals surface area contributed by atoms with Crippen molar-refractivity contribution in [2.45, 2.75) is 44.4 Å². The molecule has 1 fully saturated rings. The molecule has 0 aromatic heterocycles. The summed E-state index contributed by atoms with van der Waals surface area (Å²) in [6.07, 6.45) is 3.89. The Kier molecular flexibility index (Phi) is 4.24. The van der Waals surface area contributed by atoms with Crippen LogP contribution >= 0.6 is 0 Å². The number of likely N-dealkylation sites (tertiary alicyclic amines) is 1. The molecule has 1 heterocycles. The summed E-state index contributed by atoms with van der Waals surface area (Å²) in [5.74, 6) is -0.667. The molecule has 4 nitrogen and oxygen atoms in total. The van der Waals surface area contributed by atoms with E-state index in [0.29, 0.717) is 25.9 Å². The van der Waals surface area contributed by atoms with E-state index < -0.39 is 11.4 Å². The minimum atomic E-state index is -0.864. The quantitative estimate of drug-likeness (QED) is 0.932. The summed E-state index contributed by atoms with van der Waals surface area (Å²) >= 11 is 0. The Morgan fingerprint density at radius 3 is 2.26 bits per heavy atom. The standard InChI is InChI=1S/C19H23NO3/c1-14-6-5-9-16(14)17(21)20-12-10-19(11-13-20,18(22)23)15-7-3-2-4-8-15/h2-4,7-8H,5-6,9-13H2,1H3,(H,22,23). The van der Waals surface area contributed by atoms with Gasteiger partial charge in [-0.25, -0.2) is 0 Å². The summed E-state index contributed by atoms with van der Waals surface area (Å²) in [5.41, 5.74) is 2.13. The van der Waals surface area contributed by atoms with Crippen LogP contribution in [0.25, 0.3) is 0 Å². The van der Waals surface area contributed by atoms with Crippen LogP contribution in [0.5, 0.6) is 0 Å². The molecule has 0 atom stereocenters. The molecule has 1 amide bonds. The third-order valence-corrected chi connectivity index (χ3v) is 5.39. The maximum absolute atomic E-state index is 12.6. The third-order valence-electron chi connectivity index (χ3n) is 5.39. The van der Waals surface area contributed by atoms with Crippen LogP contribution in [0.4, 0.5) is 0 Å². The van der Waals surface area contributed by atoms with E-state index in [2.05, 4.69) is 0 Å². The van der Waals surface area contributed by atoms with Gasteiger partial charge in [0.2, 0.25) is 5.91 Å². The Morgan fingerprint density at radius 1 is 1.09 bits per heavy atom. The van der Waals surface area contributed by atoms with Gasteiger partial charge in [0, 0.05) is 18.7 Å². The third kappa shape index (κ3) is 2.78. The number of nitrogens with zero attached hydrogens (tertiary/aromatic N) is 1. The number of carbonyl (C=O) groups is 2. The van der Waals surface area contributed by atoms with Gasteiger partial charge in [0.05, 0.1) is 5.41 Å². The van der Waals surface area contributed by atoms with Crippen molar-refractivity contribution in [3.8, 4) is 0 Å². The molecule has 23 heavy (non-hydrogen) atoms. The summed E-state index contributed by atoms with van der Waals surface area (Å²) in [6, 6.07) is 9.42. The Labute approximate surface area is 136 Å². The SMILES string of the molecule is CC1=C(C(=O)N2CCC(C(=O)O)(c3ccccc3)CC2)CCC1. The first-order chi connectivity index (χ1) is 11.0. The average molecular weight is 313 g/mol. The van der Waals surface area contributed by atoms with Crippen molar-refractivity contribution >= 4 is 11.9 Å². The number of piperidine rings is 1. The fourth-order valence-corrected chi connectivity index (χ4v) is 3.85. The van der Waals surface area contributed by atoms with Crippen LogP contribution in [0.3, 0.4) is 0 Å². The Bertz CT molecular complexity index is 640. The van der Waals surface area contributed by atoms with Gasteiger partial charge in [-0.1, -0.05) is 35.9 Å². The number of amides is 1. The molecule has 3 rings (SSSR count). The van der Waals surface area contributed by atoms with Crippen LogP contribution in [0, 0.1) is 0 Å². The van der Waals surface area contributed by atoms with Gasteiger partial charge in [-0.3, -0.25) is 9.59 Å². The highest BCUT2D eigenvalue weighted by molar-refractivity contribution is 5.95. The first-order valence-electron chi connectivity index (χ1n) is 8.31. The lowest BCUT2D eigenvalue weighted by Gasteiger charge is -2.39. The lowest BCUT2D eigenvalue weighted by molar-refractivity contribution is -0.147. The highest BCUT2D eigenvalue weighted by atomic mass is 16.4. The number of aliphatic carboxylic acids is 1. The minimum Gasteiger partial charge on any atom is -0.481 e. The minimum absolute atomic E-state index is 0.118. The Balaban J connectivity index is 1.77. The smallest absolute Gasteiger partial charge is 0.314 e. The molecular formula is C19H23NO3. The average Bonchev–Trinajstić information content (AvgIpc) is 3.01. The van der Waals surface area contributed by atoms with Crippen LogP contribution in [0.2, 0.25) is 0 Å². The summed E-state index contributed by atoms with van der Waals surface area (Å²) in [5, 5.41) is 9.81. The van der Waals surface area contributed by atoms with Gasteiger partial charge < -0.3 is 10.0 Å². The van der Waals surface area contributed by atoms with Crippen LogP contribution in [-0.4, -0.2) is 35.0 Å². The number of carboxylic acid groups (broad SMARTS) is 1. The number of carboxylic acids is 1. The largest absolute Gasteiger partial charge is 0.481 e. The van der Waals surface area contributed by atoms with Crippen LogP contribution in [0.1, 0.15) is 44.6 Å². The van der Waals surface area contributed by atoms with E-state index in [1.807, 2.05) is 42.2 Å². The van der Waals surface area contributed by atoms with E-state index in [1.165, 1.54) is 5.57 Å². The Morgan fingerprint density at radius 2 is 1.74 bits per heavy atom. The molecule has 1 aromatic rings. The highest BCUT2D eigenvalue weighted by Crippen LogP contribution is 2.37. The molecule has 122 valence electrons. The van der Waals surface area contributed by atoms with Gasteiger partial charge in [0.25, 0.3) is 0 Å². The van der Waals surface area contributed by atoms with Gasteiger partial charge in [0.1, 0.15) is 0 Å². The van der Waals surface area contributed by atoms with Crippen molar-refractivity contribution < 1.29 is 14.7 Å². The number of rotatable bonds is 3. The van der Waals surface area contributed by atoms with Gasteiger partial charge in [0.15, 0.2) is 0 Å². The normalized spacial score (nSPS) is 20.7. The lowest BCUT2D eigenvalue weighted by atomic mass is 9.72. The number of allylic oxidation sites excluding steroid dienone is 1. The molecule has 4 heteroatoms. The monoisotopic (exact) mass is 313 g/mol. The van der Waals surface area contributed by atoms with Crippen molar-refractivity contribution in [2.24, 2.45) is 0 Å². The van der Waals surface area contributed by atoms with E-state index in [-0.39, 0.29) is 5.91 Å². The second-order valence-corrected chi connectivity index (χ2v) is 6.66. The molecule has 1 aromatic carbocycles. The molecule has 0 saturated carbocycles. The first kappa shape index (κ1) is 15.8. The van der Waals surface area contributed by atoms with Gasteiger partial charge in [-0.15, -0.1) is 0 Å². The Hall–Kier alpha value is -2.10. The second-order valence-electron chi connectivity index (χ2n) is 6.66. The van der Waals surface area contributed by atoms with E-state index in [4.69, 9.17) is 0 Å². The molecule has 1 saturated heterocycles. The van der Waals surface area contributed by atoms with Gasteiger partial charge in [-0.05, 0) is 44.6 Å². The molecule has 1 aliphatic carbocycles. The van der Waals surface area contributed by atoms with Crippen LogP contribution < -0.4 is 0 Å². The summed E-state index contributed by atoms with van der Waals surface area (Å²) in [6.45, 7) is 3.06. The van der Waals surface area contributed by atoms with Crippen molar-refractivity contribution in [2.75, 3.05) is 13.1 Å². The predicted molar refractivity (Wildman–Crippen MR) is 88.1 cm³/mol. The maximum Gasteiger partial charge on any atom is 0.314 e. The number of hydrogen-bond acceptors (Lipinski definition) is 2. The first-order valence-corrected chi connectivity index (χ1v) is 8.31. The zero-order valence-corrected chi connectivity index (χ0v) is 13.5. The van der Waals surface area contributed by atoms with Crippen molar-refractivity contribution in [1.82, 2.24) is 4.90 Å². The van der Waals surface area contributed by atoms with Gasteiger partial charge in [-0.2, -0.15) is 0 Å². The number of benzene rings is 1. The fourth-order valence-electron chi connectivity index (χ4n) is 3.85. The summed E-state index contributed by atoms with van der Waals surface area (Å²) < 4.78 is 0. The fraction of sp³-hybridized carbons (Fsp3) is 0.474. The van der Waals surface area contributed by atoms with E-state index in [9.17, 15) is 14.7 Å². The lowest BCUT2D eigenvalue weighted by Crippen LogP contribution is -2.49. The predicted octanol–water partition coefficient (Wildman–Crippen LogP) is 3.13. The molecule has 1 N–H and O–H groups in total. The summed E-state index contributed by atoms with van der Waals surface area (Å²) in [7, 11) is 0. The molecule has 0 bridgehead atoms. The number of carbonyl (C=O) groups excluding carboxylic acids is 1. The molecule has 1 aliphatic heterocycles. The topological polar surface area (TPSA) is 57.6 Å². The van der Waals surface area contributed by atoms with Crippen molar-refractivity contribution in [3.63, 3.8) is 0 Å². The molecule has 0 radical (unpaired) electrons. The zero-order valence-electron chi connectivity index (χ0n) is 13.5. The zero-order chi connectivity index (χ0) is 16.4. The van der Waals surface area contributed by atoms with Crippen LogP contribution in [0.15, 0.2) is 41.5 Å². The highest BCUT2D eigenvalue weighted by Gasteiger charge is 2.44. The molecule has 0 unspecified atom stereocenters.